The fraction of sp³-hybridized carbons (Fsp3) is 0.190. The lowest BCUT2D eigenvalue weighted by molar-refractivity contribution is -0.148. The van der Waals surface area contributed by atoms with Crippen LogP contribution in [0.15, 0.2) is 54.6 Å². The van der Waals surface area contributed by atoms with Gasteiger partial charge in [-0.05, 0) is 55.0 Å². The van der Waals surface area contributed by atoms with E-state index >= 15 is 0 Å². The maximum atomic E-state index is 12.2. The average Bonchev–Trinajstić information content (AvgIpc) is 2.68. The Morgan fingerprint density at radius 2 is 1.50 bits per heavy atom. The highest BCUT2D eigenvalue weighted by Crippen LogP contribution is 2.16. The Hall–Kier alpha value is -3.75. The first-order valence-corrected chi connectivity index (χ1v) is 8.85. The zero-order valence-corrected chi connectivity index (χ0v) is 16.2. The smallest absolute Gasteiger partial charge is 0.387 e. The molecular weight excluding hydrogens is 398 g/mol. The molecule has 2 amide bonds. The maximum absolute atomic E-state index is 12.2. The number of ether oxygens (including phenoxy) is 2. The van der Waals surface area contributed by atoms with Crippen LogP contribution in [0.4, 0.5) is 20.2 Å². The molecule has 0 aliphatic carbocycles. The molecule has 0 saturated heterocycles. The summed E-state index contributed by atoms with van der Waals surface area (Å²) in [6, 6.07) is 12.1. The Kier molecular flexibility index (Phi) is 8.04. The number of nitrogens with one attached hydrogen (secondary N) is 2. The number of hydrogen-bond acceptors (Lipinski definition) is 5. The van der Waals surface area contributed by atoms with Crippen molar-refractivity contribution in [3.05, 3.63) is 60.2 Å². The summed E-state index contributed by atoms with van der Waals surface area (Å²) in [6.07, 6.45) is 1.48. The third-order valence-corrected chi connectivity index (χ3v) is 3.65. The van der Waals surface area contributed by atoms with Crippen molar-refractivity contribution in [2.45, 2.75) is 26.6 Å². The van der Waals surface area contributed by atoms with Crippen LogP contribution in [0.2, 0.25) is 0 Å². The molecule has 0 spiro atoms. The van der Waals surface area contributed by atoms with E-state index < -0.39 is 24.6 Å². The number of hydrogen-bond donors (Lipinski definition) is 2. The summed E-state index contributed by atoms with van der Waals surface area (Å²) in [4.78, 5) is 35.0. The van der Waals surface area contributed by atoms with E-state index in [1.165, 1.54) is 44.2 Å². The Morgan fingerprint density at radius 1 is 0.933 bits per heavy atom. The van der Waals surface area contributed by atoms with Crippen LogP contribution in [0.3, 0.4) is 0 Å². The Balaban J connectivity index is 1.84. The van der Waals surface area contributed by atoms with E-state index in [4.69, 9.17) is 4.74 Å². The molecule has 0 aliphatic rings. The number of carbonyl (C=O) groups excluding carboxylic acids is 3. The first-order valence-electron chi connectivity index (χ1n) is 8.85. The number of alkyl halides is 2. The first kappa shape index (κ1) is 22.5. The topological polar surface area (TPSA) is 93.7 Å². The molecule has 0 radical (unpaired) electrons. The number of rotatable bonds is 8. The molecule has 0 fully saturated rings. The minimum atomic E-state index is -2.91. The zero-order valence-electron chi connectivity index (χ0n) is 16.2. The SMILES string of the molecule is CC(=O)Nc1ccc(NC(=O)C(C)OC(=O)C=Cc2ccc(OC(F)F)cc2)cc1. The molecular formula is C21H20F2N2O5. The third-order valence-electron chi connectivity index (χ3n) is 3.65. The van der Waals surface area contributed by atoms with Crippen LogP contribution in [0.1, 0.15) is 19.4 Å². The van der Waals surface area contributed by atoms with Gasteiger partial charge in [0.1, 0.15) is 5.75 Å². The predicted molar refractivity (Wildman–Crippen MR) is 107 cm³/mol. The quantitative estimate of drug-likeness (QED) is 0.502. The standard InChI is InChI=1S/C21H20F2N2O5/c1-13(20(28)25-17-8-6-16(7-9-17)24-14(2)26)29-19(27)12-5-15-3-10-18(11-4-15)30-21(22)23/h3-13,21H,1-2H3,(H,24,26)(H,25,28). The highest BCUT2D eigenvalue weighted by atomic mass is 19.3. The molecule has 2 aromatic rings. The summed E-state index contributed by atoms with van der Waals surface area (Å²) in [6.45, 7) is -0.107. The van der Waals surface area contributed by atoms with Gasteiger partial charge in [0.2, 0.25) is 5.91 Å². The molecule has 2 aromatic carbocycles. The molecule has 0 heterocycles. The number of amides is 2. The van der Waals surface area contributed by atoms with Gasteiger partial charge in [0.25, 0.3) is 5.91 Å². The minimum absolute atomic E-state index is 0.000118. The molecule has 0 bridgehead atoms. The van der Waals surface area contributed by atoms with Crippen LogP contribution in [-0.4, -0.2) is 30.5 Å². The van der Waals surface area contributed by atoms with Gasteiger partial charge in [-0.3, -0.25) is 9.59 Å². The normalized spacial score (nSPS) is 11.8. The largest absolute Gasteiger partial charge is 0.449 e. The average molecular weight is 418 g/mol. The monoisotopic (exact) mass is 418 g/mol. The maximum Gasteiger partial charge on any atom is 0.387 e. The van der Waals surface area contributed by atoms with E-state index in [1.807, 2.05) is 0 Å². The van der Waals surface area contributed by atoms with Crippen LogP contribution in [0.5, 0.6) is 5.75 Å². The van der Waals surface area contributed by atoms with Crippen molar-refractivity contribution in [3.63, 3.8) is 0 Å². The molecule has 2 rings (SSSR count). The highest BCUT2D eigenvalue weighted by molar-refractivity contribution is 5.97. The van der Waals surface area contributed by atoms with Crippen LogP contribution in [0.25, 0.3) is 6.08 Å². The fourth-order valence-electron chi connectivity index (χ4n) is 2.28. The van der Waals surface area contributed by atoms with Crippen LogP contribution in [0, 0.1) is 0 Å². The summed E-state index contributed by atoms with van der Waals surface area (Å²) in [5, 5.41) is 5.20. The molecule has 0 aromatic heterocycles. The number of esters is 1. The zero-order chi connectivity index (χ0) is 22.1. The third kappa shape index (κ3) is 7.70. The van der Waals surface area contributed by atoms with Crippen molar-refractivity contribution in [1.82, 2.24) is 0 Å². The van der Waals surface area contributed by atoms with Crippen molar-refractivity contribution in [3.8, 4) is 5.75 Å². The fourth-order valence-corrected chi connectivity index (χ4v) is 2.28. The van der Waals surface area contributed by atoms with Crippen molar-refractivity contribution in [1.29, 1.82) is 0 Å². The molecule has 0 aliphatic heterocycles. The van der Waals surface area contributed by atoms with Crippen molar-refractivity contribution in [2.75, 3.05) is 10.6 Å². The van der Waals surface area contributed by atoms with Gasteiger partial charge in [-0.25, -0.2) is 4.79 Å². The van der Waals surface area contributed by atoms with Gasteiger partial charge >= 0.3 is 12.6 Å². The first-order chi connectivity index (χ1) is 14.2. The molecule has 1 unspecified atom stereocenters. The van der Waals surface area contributed by atoms with E-state index in [0.717, 1.165) is 6.08 Å². The van der Waals surface area contributed by atoms with Gasteiger partial charge in [-0.2, -0.15) is 8.78 Å². The van der Waals surface area contributed by atoms with Crippen molar-refractivity contribution in [2.24, 2.45) is 0 Å². The second kappa shape index (κ2) is 10.7. The Labute approximate surface area is 171 Å². The van der Waals surface area contributed by atoms with E-state index in [-0.39, 0.29) is 11.7 Å². The Morgan fingerprint density at radius 3 is 2.03 bits per heavy atom. The minimum Gasteiger partial charge on any atom is -0.449 e. The number of anilines is 2. The lowest BCUT2D eigenvalue weighted by atomic mass is 10.2. The molecule has 1 atom stereocenters. The van der Waals surface area contributed by atoms with Gasteiger partial charge in [0, 0.05) is 24.4 Å². The molecule has 7 nitrogen and oxygen atoms in total. The van der Waals surface area contributed by atoms with Crippen molar-refractivity contribution >= 4 is 35.2 Å². The summed E-state index contributed by atoms with van der Waals surface area (Å²) < 4.78 is 33.5. The molecule has 0 saturated carbocycles. The summed E-state index contributed by atoms with van der Waals surface area (Å²) in [5.74, 6) is -1.48. The Bertz CT molecular complexity index is 912. The molecule has 158 valence electrons. The lowest BCUT2D eigenvalue weighted by Gasteiger charge is -2.12. The number of benzene rings is 2. The highest BCUT2D eigenvalue weighted by Gasteiger charge is 2.16. The van der Waals surface area contributed by atoms with Gasteiger partial charge < -0.3 is 20.1 Å². The molecule has 9 heteroatoms. The van der Waals surface area contributed by atoms with Gasteiger partial charge in [0.15, 0.2) is 6.10 Å². The number of carbonyl (C=O) groups is 3. The van der Waals surface area contributed by atoms with E-state index in [1.54, 1.807) is 24.3 Å². The summed E-state index contributed by atoms with van der Waals surface area (Å²) in [7, 11) is 0. The summed E-state index contributed by atoms with van der Waals surface area (Å²) in [5.41, 5.74) is 1.61. The van der Waals surface area contributed by atoms with Crippen LogP contribution >= 0.6 is 0 Å². The second-order valence-electron chi connectivity index (χ2n) is 6.11. The van der Waals surface area contributed by atoms with Crippen LogP contribution < -0.4 is 15.4 Å². The van der Waals surface area contributed by atoms with E-state index in [9.17, 15) is 23.2 Å². The van der Waals surface area contributed by atoms with Gasteiger partial charge in [0.05, 0.1) is 0 Å². The second-order valence-corrected chi connectivity index (χ2v) is 6.11. The molecule has 30 heavy (non-hydrogen) atoms. The van der Waals surface area contributed by atoms with Gasteiger partial charge in [-0.1, -0.05) is 12.1 Å². The number of halogens is 2. The van der Waals surface area contributed by atoms with E-state index in [2.05, 4.69) is 15.4 Å². The lowest BCUT2D eigenvalue weighted by Crippen LogP contribution is -2.29. The van der Waals surface area contributed by atoms with Crippen LogP contribution in [-0.2, 0) is 19.1 Å². The molecule has 2 N–H and O–H groups in total. The summed E-state index contributed by atoms with van der Waals surface area (Å²) >= 11 is 0. The van der Waals surface area contributed by atoms with Gasteiger partial charge in [-0.15, -0.1) is 0 Å². The van der Waals surface area contributed by atoms with E-state index in [0.29, 0.717) is 16.9 Å². The predicted octanol–water partition coefficient (Wildman–Crippen LogP) is 3.83. The van der Waals surface area contributed by atoms with Crippen molar-refractivity contribution < 1.29 is 32.6 Å².